The summed E-state index contributed by atoms with van der Waals surface area (Å²) in [6.45, 7) is 3.66. The van der Waals surface area contributed by atoms with Crippen molar-refractivity contribution >= 4 is 47.4 Å². The molecule has 7 aromatic rings. The normalized spacial score (nSPS) is 10.8. The van der Waals surface area contributed by atoms with Crippen LogP contribution in [0.3, 0.4) is 0 Å². The lowest BCUT2D eigenvalue weighted by Gasteiger charge is -2.19. The largest absolute Gasteiger partial charge is 0.369 e. The van der Waals surface area contributed by atoms with Gasteiger partial charge in [-0.3, -0.25) is 0 Å². The van der Waals surface area contributed by atoms with Gasteiger partial charge in [-0.2, -0.15) is 0 Å². The fourth-order valence-electron chi connectivity index (χ4n) is 5.76. The van der Waals surface area contributed by atoms with Crippen molar-refractivity contribution in [2.75, 3.05) is 5.09 Å². The molecule has 1 unspecified atom stereocenters. The summed E-state index contributed by atoms with van der Waals surface area (Å²) >= 11 is 0. The molecule has 0 aliphatic heterocycles. The van der Waals surface area contributed by atoms with Crippen molar-refractivity contribution in [2.24, 2.45) is 0 Å². The highest BCUT2D eigenvalue weighted by Gasteiger charge is 2.18. The summed E-state index contributed by atoms with van der Waals surface area (Å²) in [7, 11) is 2.63. The predicted molar refractivity (Wildman–Crippen MR) is 184 cm³/mol. The zero-order valence-electron chi connectivity index (χ0n) is 22.9. The Morgan fingerprint density at radius 1 is 0.488 bits per heavy atom. The molecule has 0 aliphatic carbocycles. The van der Waals surface area contributed by atoms with E-state index in [1.54, 1.807) is 0 Å². The zero-order valence-corrected chi connectivity index (χ0v) is 24.1. The summed E-state index contributed by atoms with van der Waals surface area (Å²) in [4.78, 5) is 0. The minimum atomic E-state index is 0.973. The molecule has 2 heteroatoms. The van der Waals surface area contributed by atoms with E-state index in [-0.39, 0.29) is 0 Å². The summed E-state index contributed by atoms with van der Waals surface area (Å²) in [6, 6.07) is 51.8. The number of fused-ring (bicyclic) bond motifs is 3. The Kier molecular flexibility index (Phi) is 7.90. The van der Waals surface area contributed by atoms with Gasteiger partial charge in [-0.05, 0) is 76.6 Å². The third-order valence-electron chi connectivity index (χ3n) is 7.57. The lowest BCUT2D eigenvalue weighted by molar-refractivity contribution is 1.28. The van der Waals surface area contributed by atoms with Crippen molar-refractivity contribution in [3.63, 3.8) is 0 Å². The zero-order chi connectivity index (χ0) is 28.0. The Labute approximate surface area is 244 Å². The third-order valence-corrected chi connectivity index (χ3v) is 7.88. The number of benzene rings is 7. The van der Waals surface area contributed by atoms with Crippen LogP contribution in [0.4, 0.5) is 5.69 Å². The molecule has 7 rings (SSSR count). The van der Waals surface area contributed by atoms with Crippen LogP contribution in [-0.4, -0.2) is 0 Å². The Hall–Kier alpha value is -4.71. The van der Waals surface area contributed by atoms with E-state index in [2.05, 4.69) is 148 Å². The Morgan fingerprint density at radius 2 is 0.951 bits per heavy atom. The molecule has 0 saturated heterocycles. The van der Waals surface area contributed by atoms with Crippen LogP contribution in [0.5, 0.6) is 0 Å². The lowest BCUT2D eigenvalue weighted by Crippen LogP contribution is -1.92. The maximum atomic E-state index is 3.66. The van der Waals surface area contributed by atoms with Gasteiger partial charge >= 0.3 is 0 Å². The molecular formula is C39H32NP. The molecular weight excluding hydrogens is 513 g/mol. The summed E-state index contributed by atoms with van der Waals surface area (Å²) in [5, 5.41) is 10.9. The van der Waals surface area contributed by atoms with Crippen LogP contribution in [0, 0.1) is 0 Å². The number of anilines is 1. The van der Waals surface area contributed by atoms with Gasteiger partial charge in [0.05, 0.1) is 0 Å². The summed E-state index contributed by atoms with van der Waals surface area (Å²) < 4.78 is 0. The van der Waals surface area contributed by atoms with Crippen molar-refractivity contribution in [2.45, 2.75) is 6.42 Å². The molecule has 0 aromatic heterocycles. The first-order valence-corrected chi connectivity index (χ1v) is 14.5. The van der Waals surface area contributed by atoms with Crippen molar-refractivity contribution < 1.29 is 0 Å². The highest BCUT2D eigenvalue weighted by molar-refractivity contribution is 7.18. The van der Waals surface area contributed by atoms with E-state index in [1.807, 2.05) is 24.3 Å². The Morgan fingerprint density at radius 3 is 1.49 bits per heavy atom. The molecule has 0 radical (unpaired) electrons. The van der Waals surface area contributed by atoms with Crippen molar-refractivity contribution in [3.05, 3.63) is 164 Å². The van der Waals surface area contributed by atoms with Gasteiger partial charge in [-0.25, -0.2) is 0 Å². The Bertz CT molecular complexity index is 1900. The molecule has 1 atom stereocenters. The molecule has 198 valence electrons. The molecule has 0 amide bonds. The van der Waals surface area contributed by atoms with Crippen LogP contribution in [0.2, 0.25) is 0 Å². The van der Waals surface area contributed by atoms with Crippen LogP contribution in [0.15, 0.2) is 158 Å². The van der Waals surface area contributed by atoms with E-state index >= 15 is 0 Å². The van der Waals surface area contributed by atoms with Crippen molar-refractivity contribution in [1.82, 2.24) is 0 Å². The maximum absolute atomic E-state index is 3.66. The first-order chi connectivity index (χ1) is 20.3. The topological polar surface area (TPSA) is 12.0 Å². The van der Waals surface area contributed by atoms with Gasteiger partial charge in [0, 0.05) is 11.1 Å². The third kappa shape index (κ3) is 5.25. The minimum Gasteiger partial charge on any atom is -0.369 e. The average molecular weight is 546 g/mol. The monoisotopic (exact) mass is 545 g/mol. The molecule has 41 heavy (non-hydrogen) atoms. The van der Waals surface area contributed by atoms with Crippen LogP contribution in [0.1, 0.15) is 5.56 Å². The van der Waals surface area contributed by atoms with E-state index in [0.717, 1.165) is 12.1 Å². The second-order valence-corrected chi connectivity index (χ2v) is 10.3. The second-order valence-electron chi connectivity index (χ2n) is 10.0. The first-order valence-electron chi connectivity index (χ1n) is 13.9. The minimum absolute atomic E-state index is 0.973. The van der Waals surface area contributed by atoms with E-state index < -0.39 is 0 Å². The van der Waals surface area contributed by atoms with Gasteiger partial charge in [0.1, 0.15) is 0 Å². The van der Waals surface area contributed by atoms with E-state index in [4.69, 9.17) is 0 Å². The SMILES string of the molecule is C=CCc1ccccc1.PNc1ccc(-c2c3ccccc3c(-c3ccccc3)c3ccccc23)c2ccccc12. The van der Waals surface area contributed by atoms with Crippen LogP contribution >= 0.6 is 9.39 Å². The Balaban J connectivity index is 0.000000289. The highest BCUT2D eigenvalue weighted by atomic mass is 31.0. The predicted octanol–water partition coefficient (Wildman–Crippen LogP) is 11.1. The highest BCUT2D eigenvalue weighted by Crippen LogP contribution is 2.45. The van der Waals surface area contributed by atoms with Gasteiger partial charge in [-0.15, -0.1) is 6.58 Å². The molecule has 0 aliphatic rings. The van der Waals surface area contributed by atoms with Gasteiger partial charge in [0.2, 0.25) is 0 Å². The lowest BCUT2D eigenvalue weighted by atomic mass is 9.84. The molecule has 0 fully saturated rings. The molecule has 7 aromatic carbocycles. The van der Waals surface area contributed by atoms with Crippen LogP contribution in [-0.2, 0) is 6.42 Å². The van der Waals surface area contributed by atoms with Crippen molar-refractivity contribution in [1.29, 1.82) is 0 Å². The molecule has 0 spiro atoms. The quantitative estimate of drug-likeness (QED) is 0.129. The van der Waals surface area contributed by atoms with E-state index in [0.29, 0.717) is 0 Å². The molecule has 0 heterocycles. The fourth-order valence-corrected chi connectivity index (χ4v) is 6.01. The number of hydrogen-bond donors (Lipinski definition) is 1. The molecule has 0 saturated carbocycles. The van der Waals surface area contributed by atoms with Gasteiger partial charge in [0.15, 0.2) is 0 Å². The molecule has 1 nitrogen and oxygen atoms in total. The van der Waals surface area contributed by atoms with Gasteiger partial charge in [-0.1, -0.05) is 146 Å². The summed E-state index contributed by atoms with van der Waals surface area (Å²) in [5.41, 5.74) is 7.54. The van der Waals surface area contributed by atoms with E-state index in [1.165, 1.54) is 60.1 Å². The van der Waals surface area contributed by atoms with Crippen LogP contribution in [0.25, 0.3) is 54.6 Å². The number of rotatable bonds is 5. The molecule has 0 bridgehead atoms. The summed E-state index contributed by atoms with van der Waals surface area (Å²) in [6.07, 6.45) is 2.89. The first kappa shape index (κ1) is 26.5. The average Bonchev–Trinajstić information content (AvgIpc) is 3.04. The van der Waals surface area contributed by atoms with Crippen molar-refractivity contribution in [3.8, 4) is 22.3 Å². The summed E-state index contributed by atoms with van der Waals surface area (Å²) in [5.74, 6) is 0. The smallest absolute Gasteiger partial charge is 0.0448 e. The van der Waals surface area contributed by atoms with Gasteiger partial charge in [0.25, 0.3) is 0 Å². The van der Waals surface area contributed by atoms with Crippen LogP contribution < -0.4 is 5.09 Å². The second kappa shape index (κ2) is 12.2. The number of nitrogens with one attached hydrogen (secondary N) is 1. The van der Waals surface area contributed by atoms with E-state index in [9.17, 15) is 0 Å². The fraction of sp³-hybridized carbons (Fsp3) is 0.0256. The maximum Gasteiger partial charge on any atom is 0.0448 e. The number of allylic oxidation sites excluding steroid dienone is 1. The van der Waals surface area contributed by atoms with Gasteiger partial charge < -0.3 is 5.09 Å². The molecule has 1 N–H and O–H groups in total. The number of hydrogen-bond acceptors (Lipinski definition) is 1. The standard InChI is InChI=1S/C30H22NP.C9H10/c32-31-28-19-18-27(21-12-4-5-13-22(21)28)30-25-16-8-6-14-23(25)29(20-10-2-1-3-11-20)24-15-7-9-17-26(24)30;1-2-6-9-7-4-3-5-8-9/h1-19,31H,32H2;2-5,7-8H,1,6H2.